The van der Waals surface area contributed by atoms with Gasteiger partial charge in [-0.05, 0) is 113 Å². The molecule has 0 aliphatic rings. The maximum absolute atomic E-state index is 7.20. The van der Waals surface area contributed by atoms with Gasteiger partial charge >= 0.3 is 0 Å². The third-order valence-electron chi connectivity index (χ3n) is 12.8. The monoisotopic (exact) mass is 793 g/mol. The van der Waals surface area contributed by atoms with Gasteiger partial charge in [0.1, 0.15) is 11.2 Å². The molecule has 59 heavy (non-hydrogen) atoms. The quantitative estimate of drug-likeness (QED) is 0.131. The molecule has 0 aromatic heterocycles. The molecule has 2 nitrogen and oxygen atoms in total. The number of rotatable bonds is 10. The Kier molecular flexibility index (Phi) is 12.9. The average Bonchev–Trinajstić information content (AvgIpc) is 3.16. The molecule has 0 N–H and O–H groups in total. The molecule has 0 saturated carbocycles. The second kappa shape index (κ2) is 16.5. The lowest BCUT2D eigenvalue weighted by Crippen LogP contribution is -2.39. The Morgan fingerprint density at radius 3 is 0.678 bits per heavy atom. The molecule has 2 heteroatoms. The topological polar surface area (TPSA) is 18.5 Å². The first-order valence-corrected chi connectivity index (χ1v) is 22.0. The highest BCUT2D eigenvalue weighted by molar-refractivity contribution is 5.64. The van der Waals surface area contributed by atoms with E-state index >= 15 is 0 Å². The predicted molar refractivity (Wildman–Crippen MR) is 254 cm³/mol. The van der Waals surface area contributed by atoms with Crippen LogP contribution in [0.15, 0.2) is 103 Å². The van der Waals surface area contributed by atoms with Crippen molar-refractivity contribution in [3.63, 3.8) is 0 Å². The summed E-state index contributed by atoms with van der Waals surface area (Å²) >= 11 is 0. The molecular weight excluding hydrogens is 717 g/mol. The molecular formula is C57H76O2. The lowest BCUT2D eigenvalue weighted by atomic mass is 9.67. The van der Waals surface area contributed by atoms with Crippen molar-refractivity contribution in [2.45, 2.75) is 162 Å². The van der Waals surface area contributed by atoms with E-state index in [1.54, 1.807) is 0 Å². The zero-order valence-corrected chi connectivity index (χ0v) is 40.3. The minimum absolute atomic E-state index is 0.0108. The van der Waals surface area contributed by atoms with Crippen LogP contribution in [-0.4, -0.2) is 14.2 Å². The summed E-state index contributed by atoms with van der Waals surface area (Å²) in [6.07, 6.45) is 0. The molecule has 0 bridgehead atoms. The minimum Gasteiger partial charge on any atom is -0.364 e. The van der Waals surface area contributed by atoms with E-state index in [9.17, 15) is 0 Å². The molecule has 0 heterocycles. The third-order valence-corrected chi connectivity index (χ3v) is 12.8. The Labute approximate surface area is 360 Å². The van der Waals surface area contributed by atoms with Gasteiger partial charge in [0.25, 0.3) is 0 Å². The van der Waals surface area contributed by atoms with E-state index in [1.165, 1.54) is 50.1 Å². The van der Waals surface area contributed by atoms with Crippen molar-refractivity contribution in [1.82, 2.24) is 0 Å². The Hall–Kier alpha value is -3.98. The van der Waals surface area contributed by atoms with Crippen LogP contribution in [-0.2, 0) is 42.3 Å². The number of ether oxygens (including phenoxy) is 2. The highest BCUT2D eigenvalue weighted by atomic mass is 16.5. The van der Waals surface area contributed by atoms with Gasteiger partial charge in [0.15, 0.2) is 0 Å². The minimum atomic E-state index is -0.938. The molecule has 0 aliphatic carbocycles. The first-order valence-electron chi connectivity index (χ1n) is 22.0. The third kappa shape index (κ3) is 8.65. The molecule has 5 aromatic rings. The van der Waals surface area contributed by atoms with Crippen LogP contribution in [0.25, 0.3) is 0 Å². The van der Waals surface area contributed by atoms with Gasteiger partial charge in [-0.1, -0.05) is 214 Å². The SMILES string of the molecule is COC(c1ccc(C(C)(C)C)cc1)(c1ccc(C(C)(C)C)cc1)c1c(C(C)C)cc(C(C)C)c(C(OC)(c2ccc(C(C)(C)C)cc2)c2ccc(C(C)(C)C)cc2)c1C. The molecule has 0 spiro atoms. The summed E-state index contributed by atoms with van der Waals surface area (Å²) in [5.41, 5.74) is 13.9. The zero-order valence-electron chi connectivity index (χ0n) is 40.3. The standard InChI is InChI=1S/C57H76O2/c1-37(2)48-36-49(38(3)4)51(57(59-19,46-32-24-42(25-33-46)54(12,13)14)47-34-26-43(27-35-47)55(15,16)17)39(5)50(48)56(58-18,44-28-20-40(21-29-44)52(6,7)8)45-30-22-41(23-31-45)53(9,10)11/h20-38H,1-19H3. The molecule has 0 atom stereocenters. The molecule has 0 fully saturated rings. The average molecular weight is 793 g/mol. The van der Waals surface area contributed by atoms with Gasteiger partial charge in [0.2, 0.25) is 0 Å². The van der Waals surface area contributed by atoms with Crippen LogP contribution in [0.5, 0.6) is 0 Å². The van der Waals surface area contributed by atoms with Gasteiger partial charge in [-0.2, -0.15) is 0 Å². The number of hydrogen-bond donors (Lipinski definition) is 0. The van der Waals surface area contributed by atoms with Crippen LogP contribution in [0.2, 0.25) is 0 Å². The van der Waals surface area contributed by atoms with Gasteiger partial charge in [-0.3, -0.25) is 0 Å². The maximum Gasteiger partial charge on any atom is 0.143 e. The molecule has 0 radical (unpaired) electrons. The Morgan fingerprint density at radius 2 is 0.525 bits per heavy atom. The highest BCUT2D eigenvalue weighted by Crippen LogP contribution is 2.52. The highest BCUT2D eigenvalue weighted by Gasteiger charge is 2.47. The van der Waals surface area contributed by atoms with Crippen LogP contribution >= 0.6 is 0 Å². The van der Waals surface area contributed by atoms with Crippen LogP contribution in [0.1, 0.15) is 195 Å². The summed E-state index contributed by atoms with van der Waals surface area (Å²) < 4.78 is 14.4. The van der Waals surface area contributed by atoms with Crippen molar-refractivity contribution < 1.29 is 9.47 Å². The molecule has 5 rings (SSSR count). The van der Waals surface area contributed by atoms with Crippen molar-refractivity contribution >= 4 is 0 Å². The van der Waals surface area contributed by atoms with Gasteiger partial charge in [0.05, 0.1) is 0 Å². The van der Waals surface area contributed by atoms with Crippen LogP contribution in [0.3, 0.4) is 0 Å². The van der Waals surface area contributed by atoms with Gasteiger partial charge < -0.3 is 9.47 Å². The van der Waals surface area contributed by atoms with E-state index in [4.69, 9.17) is 9.47 Å². The summed E-state index contributed by atoms with van der Waals surface area (Å²) in [5, 5.41) is 0. The van der Waals surface area contributed by atoms with Gasteiger partial charge in [0, 0.05) is 14.2 Å². The van der Waals surface area contributed by atoms with E-state index in [2.05, 4.69) is 221 Å². The largest absolute Gasteiger partial charge is 0.364 e. The summed E-state index contributed by atoms with van der Waals surface area (Å²) in [4.78, 5) is 0. The normalized spacial score (nSPS) is 13.4. The first kappa shape index (κ1) is 46.1. The molecule has 0 saturated heterocycles. The molecule has 0 unspecified atom stereocenters. The molecule has 0 aliphatic heterocycles. The van der Waals surface area contributed by atoms with E-state index in [-0.39, 0.29) is 33.5 Å². The van der Waals surface area contributed by atoms with E-state index in [1.807, 2.05) is 14.2 Å². The summed E-state index contributed by atoms with van der Waals surface area (Å²) in [6.45, 7) is 39.0. The fourth-order valence-corrected chi connectivity index (χ4v) is 9.12. The fourth-order valence-electron chi connectivity index (χ4n) is 9.12. The molecule has 0 amide bonds. The predicted octanol–water partition coefficient (Wildman–Crippen LogP) is 15.3. The van der Waals surface area contributed by atoms with Crippen LogP contribution in [0.4, 0.5) is 0 Å². The smallest absolute Gasteiger partial charge is 0.143 e. The lowest BCUT2D eigenvalue weighted by molar-refractivity contribution is 0.0503. The van der Waals surface area contributed by atoms with Crippen LogP contribution in [0, 0.1) is 6.92 Å². The van der Waals surface area contributed by atoms with E-state index in [0.29, 0.717) is 0 Å². The Balaban J connectivity index is 2.04. The maximum atomic E-state index is 7.20. The number of benzene rings is 5. The van der Waals surface area contributed by atoms with Crippen molar-refractivity contribution in [3.05, 3.63) is 175 Å². The lowest BCUT2D eigenvalue weighted by Gasteiger charge is -2.43. The fraction of sp³-hybridized carbons (Fsp3) is 0.474. The van der Waals surface area contributed by atoms with E-state index in [0.717, 1.165) is 22.3 Å². The van der Waals surface area contributed by atoms with Gasteiger partial charge in [-0.15, -0.1) is 0 Å². The Morgan fingerprint density at radius 1 is 0.339 bits per heavy atom. The second-order valence-corrected chi connectivity index (χ2v) is 21.8. The summed E-state index contributed by atoms with van der Waals surface area (Å²) in [6, 6.07) is 39.3. The van der Waals surface area contributed by atoms with Gasteiger partial charge in [-0.25, -0.2) is 0 Å². The number of methoxy groups -OCH3 is 2. The van der Waals surface area contributed by atoms with Crippen molar-refractivity contribution in [3.8, 4) is 0 Å². The number of hydrogen-bond acceptors (Lipinski definition) is 2. The summed E-state index contributed by atoms with van der Waals surface area (Å²) in [5.74, 6) is 0.420. The van der Waals surface area contributed by atoms with Crippen molar-refractivity contribution in [2.24, 2.45) is 0 Å². The molecule has 5 aromatic carbocycles. The van der Waals surface area contributed by atoms with Crippen molar-refractivity contribution in [1.29, 1.82) is 0 Å². The Bertz CT molecular complexity index is 1910. The van der Waals surface area contributed by atoms with Crippen molar-refractivity contribution in [2.75, 3.05) is 14.2 Å². The summed E-state index contributed by atoms with van der Waals surface area (Å²) in [7, 11) is 3.80. The molecule has 316 valence electrons. The van der Waals surface area contributed by atoms with Crippen LogP contribution < -0.4 is 0 Å². The van der Waals surface area contributed by atoms with E-state index < -0.39 is 11.2 Å². The first-order chi connectivity index (χ1) is 27.2. The second-order valence-electron chi connectivity index (χ2n) is 21.8. The zero-order chi connectivity index (χ0) is 44.1.